The van der Waals surface area contributed by atoms with Gasteiger partial charge in [-0.25, -0.2) is 5.43 Å². The topological polar surface area (TPSA) is 39.1 Å². The third-order valence-corrected chi connectivity index (χ3v) is 4.31. The Labute approximate surface area is 130 Å². The SMILES string of the molecule is Br.CCC1NN(Cc2ccc(I)cc2)C(=N)S1. The summed E-state index contributed by atoms with van der Waals surface area (Å²) >= 11 is 3.89. The lowest BCUT2D eigenvalue weighted by Gasteiger charge is -2.17. The predicted molar refractivity (Wildman–Crippen MR) is 87.6 cm³/mol. The first-order chi connectivity index (χ1) is 7.69. The average Bonchev–Trinajstić information content (AvgIpc) is 2.63. The summed E-state index contributed by atoms with van der Waals surface area (Å²) < 4.78 is 1.24. The maximum atomic E-state index is 7.86. The lowest BCUT2D eigenvalue weighted by molar-refractivity contribution is 0.304. The third kappa shape index (κ3) is 4.11. The molecule has 1 atom stereocenters. The van der Waals surface area contributed by atoms with Gasteiger partial charge in [-0.2, -0.15) is 0 Å². The highest BCUT2D eigenvalue weighted by molar-refractivity contribution is 14.1. The van der Waals surface area contributed by atoms with Gasteiger partial charge in [0.05, 0.1) is 11.9 Å². The Balaban J connectivity index is 0.00000144. The Morgan fingerprint density at radius 3 is 2.59 bits per heavy atom. The number of nitrogens with zero attached hydrogens (tertiary/aromatic N) is 1. The molecule has 0 amide bonds. The molecule has 0 aliphatic carbocycles. The molecule has 3 nitrogen and oxygen atoms in total. The van der Waals surface area contributed by atoms with Crippen LogP contribution in [0, 0.1) is 8.98 Å². The highest BCUT2D eigenvalue weighted by Crippen LogP contribution is 2.23. The molecule has 17 heavy (non-hydrogen) atoms. The minimum absolute atomic E-state index is 0. The van der Waals surface area contributed by atoms with Crippen molar-refractivity contribution >= 4 is 56.5 Å². The quantitative estimate of drug-likeness (QED) is 0.724. The predicted octanol–water partition coefficient (Wildman–Crippen LogP) is 3.59. The highest BCUT2D eigenvalue weighted by atomic mass is 127. The molecule has 0 bridgehead atoms. The molecular weight excluding hydrogens is 413 g/mol. The average molecular weight is 428 g/mol. The molecule has 1 unspecified atom stereocenters. The van der Waals surface area contributed by atoms with E-state index in [1.807, 2.05) is 5.01 Å². The summed E-state index contributed by atoms with van der Waals surface area (Å²) in [6.07, 6.45) is 1.04. The number of nitrogens with one attached hydrogen (secondary N) is 2. The number of thioether (sulfide) groups is 1. The van der Waals surface area contributed by atoms with Crippen LogP contribution in [-0.4, -0.2) is 15.6 Å². The number of hydrazine groups is 1. The van der Waals surface area contributed by atoms with Crippen LogP contribution in [0.4, 0.5) is 0 Å². The summed E-state index contributed by atoms with van der Waals surface area (Å²) in [5, 5.41) is 10.7. The molecule has 2 N–H and O–H groups in total. The first-order valence-corrected chi connectivity index (χ1v) is 7.18. The van der Waals surface area contributed by atoms with Crippen LogP contribution in [0.5, 0.6) is 0 Å². The van der Waals surface area contributed by atoms with Gasteiger partial charge in [0, 0.05) is 3.57 Å². The van der Waals surface area contributed by atoms with Gasteiger partial charge < -0.3 is 0 Å². The van der Waals surface area contributed by atoms with Crippen molar-refractivity contribution in [1.29, 1.82) is 5.41 Å². The number of benzene rings is 1. The van der Waals surface area contributed by atoms with E-state index in [1.54, 1.807) is 11.8 Å². The van der Waals surface area contributed by atoms with Gasteiger partial charge in [0.25, 0.3) is 0 Å². The molecule has 1 heterocycles. The van der Waals surface area contributed by atoms with E-state index in [2.05, 4.69) is 59.2 Å². The van der Waals surface area contributed by atoms with E-state index in [1.165, 1.54) is 9.13 Å². The molecule has 1 saturated heterocycles. The van der Waals surface area contributed by atoms with Crippen molar-refractivity contribution < 1.29 is 0 Å². The molecule has 0 spiro atoms. The van der Waals surface area contributed by atoms with Gasteiger partial charge in [0.1, 0.15) is 0 Å². The van der Waals surface area contributed by atoms with E-state index in [9.17, 15) is 0 Å². The molecule has 1 fully saturated rings. The fourth-order valence-corrected chi connectivity index (χ4v) is 2.74. The maximum absolute atomic E-state index is 7.86. The van der Waals surface area contributed by atoms with Crippen molar-refractivity contribution in [3.63, 3.8) is 0 Å². The van der Waals surface area contributed by atoms with Crippen molar-refractivity contribution in [3.8, 4) is 0 Å². The van der Waals surface area contributed by atoms with Gasteiger partial charge >= 0.3 is 0 Å². The van der Waals surface area contributed by atoms with Crippen molar-refractivity contribution in [2.45, 2.75) is 25.3 Å². The van der Waals surface area contributed by atoms with Crippen LogP contribution in [0.1, 0.15) is 18.9 Å². The summed E-state index contributed by atoms with van der Waals surface area (Å²) in [5.74, 6) is 0. The first kappa shape index (κ1) is 15.3. The summed E-state index contributed by atoms with van der Waals surface area (Å²) in [4.78, 5) is 0. The molecule has 0 aromatic heterocycles. The van der Waals surface area contributed by atoms with Gasteiger partial charge in [-0.05, 0) is 46.7 Å². The number of halogens is 2. The van der Waals surface area contributed by atoms with E-state index >= 15 is 0 Å². The molecule has 1 aliphatic rings. The normalized spacial score (nSPS) is 19.3. The summed E-state index contributed by atoms with van der Waals surface area (Å²) in [5.41, 5.74) is 4.55. The monoisotopic (exact) mass is 427 g/mol. The number of hydrogen-bond donors (Lipinski definition) is 2. The lowest BCUT2D eigenvalue weighted by atomic mass is 10.2. The van der Waals surface area contributed by atoms with Crippen LogP contribution in [0.25, 0.3) is 0 Å². The van der Waals surface area contributed by atoms with Crippen LogP contribution in [-0.2, 0) is 6.54 Å². The van der Waals surface area contributed by atoms with Crippen molar-refractivity contribution in [3.05, 3.63) is 33.4 Å². The molecule has 0 saturated carbocycles. The van der Waals surface area contributed by atoms with E-state index in [-0.39, 0.29) is 17.0 Å². The van der Waals surface area contributed by atoms with Gasteiger partial charge in [-0.15, -0.1) is 17.0 Å². The van der Waals surface area contributed by atoms with Crippen LogP contribution in [0.2, 0.25) is 0 Å². The zero-order chi connectivity index (χ0) is 11.5. The van der Waals surface area contributed by atoms with Gasteiger partial charge in [0.15, 0.2) is 5.17 Å². The molecule has 1 aliphatic heterocycles. The number of hydrogen-bond acceptors (Lipinski definition) is 3. The zero-order valence-electron chi connectivity index (χ0n) is 9.44. The minimum atomic E-state index is 0. The van der Waals surface area contributed by atoms with E-state index in [0.717, 1.165) is 13.0 Å². The first-order valence-electron chi connectivity index (χ1n) is 5.22. The summed E-state index contributed by atoms with van der Waals surface area (Å²) in [7, 11) is 0. The van der Waals surface area contributed by atoms with Gasteiger partial charge in [-0.1, -0.05) is 30.8 Å². The molecule has 94 valence electrons. The molecule has 2 rings (SSSR count). The third-order valence-electron chi connectivity index (χ3n) is 2.42. The Bertz CT molecular complexity index is 385. The van der Waals surface area contributed by atoms with Crippen LogP contribution < -0.4 is 5.43 Å². The Kier molecular flexibility index (Phi) is 6.25. The van der Waals surface area contributed by atoms with E-state index < -0.39 is 0 Å². The van der Waals surface area contributed by atoms with Crippen molar-refractivity contribution in [1.82, 2.24) is 10.4 Å². The maximum Gasteiger partial charge on any atom is 0.172 e. The van der Waals surface area contributed by atoms with Crippen molar-refractivity contribution in [2.24, 2.45) is 0 Å². The Hall–Kier alpha value is 0.210. The zero-order valence-corrected chi connectivity index (χ0v) is 14.1. The summed E-state index contributed by atoms with van der Waals surface area (Å²) in [6.45, 7) is 2.89. The van der Waals surface area contributed by atoms with Crippen LogP contribution >= 0.6 is 51.3 Å². The smallest absolute Gasteiger partial charge is 0.172 e. The molecule has 6 heteroatoms. The Morgan fingerprint density at radius 2 is 2.06 bits per heavy atom. The molecular formula is C11H15BrIN3S. The van der Waals surface area contributed by atoms with Gasteiger partial charge in [-0.3, -0.25) is 10.4 Å². The second kappa shape index (κ2) is 6.96. The highest BCUT2D eigenvalue weighted by Gasteiger charge is 2.25. The van der Waals surface area contributed by atoms with Gasteiger partial charge in [0.2, 0.25) is 0 Å². The lowest BCUT2D eigenvalue weighted by Crippen LogP contribution is -2.36. The fraction of sp³-hybridized carbons (Fsp3) is 0.364. The number of amidine groups is 1. The van der Waals surface area contributed by atoms with E-state index in [4.69, 9.17) is 5.41 Å². The second-order valence-corrected chi connectivity index (χ2v) is 6.10. The molecule has 1 aromatic carbocycles. The van der Waals surface area contributed by atoms with Crippen molar-refractivity contribution in [2.75, 3.05) is 0 Å². The molecule has 1 aromatic rings. The standard InChI is InChI=1S/C11H14IN3S.BrH/c1-2-10-14-15(11(13)16-10)7-8-3-5-9(12)6-4-8;/h3-6,10,13-14H,2,7H2,1H3;1H. The number of rotatable bonds is 3. The summed E-state index contributed by atoms with van der Waals surface area (Å²) in [6, 6.07) is 8.42. The molecule has 0 radical (unpaired) electrons. The largest absolute Gasteiger partial charge is 0.282 e. The Morgan fingerprint density at radius 1 is 1.41 bits per heavy atom. The second-order valence-electron chi connectivity index (χ2n) is 3.66. The fourth-order valence-electron chi connectivity index (χ4n) is 1.52. The van der Waals surface area contributed by atoms with E-state index in [0.29, 0.717) is 10.5 Å². The van der Waals surface area contributed by atoms with Crippen LogP contribution in [0.15, 0.2) is 24.3 Å². The van der Waals surface area contributed by atoms with Crippen LogP contribution in [0.3, 0.4) is 0 Å². The minimum Gasteiger partial charge on any atom is -0.282 e.